The third-order valence-corrected chi connectivity index (χ3v) is 4.98. The molecule has 1 amide bonds. The molecule has 4 rings (SSSR count). The van der Waals surface area contributed by atoms with E-state index in [0.29, 0.717) is 5.69 Å². The average Bonchev–Trinajstić information content (AvgIpc) is 3.34. The van der Waals surface area contributed by atoms with Crippen molar-refractivity contribution in [2.75, 3.05) is 5.32 Å². The molecule has 0 aliphatic heterocycles. The number of anilines is 1. The Labute approximate surface area is 170 Å². The molecule has 140 valence electrons. The first kappa shape index (κ1) is 18.2. The fourth-order valence-corrected chi connectivity index (χ4v) is 3.13. The Balaban J connectivity index is 1.42. The van der Waals surface area contributed by atoms with E-state index in [1.165, 1.54) is 0 Å². The Morgan fingerprint density at radius 3 is 2.57 bits per heavy atom. The number of amides is 1. The van der Waals surface area contributed by atoms with Gasteiger partial charge in [0.1, 0.15) is 11.5 Å². The van der Waals surface area contributed by atoms with Gasteiger partial charge < -0.3 is 9.88 Å². The molecule has 0 bridgehead atoms. The molecule has 2 heterocycles. The Morgan fingerprint density at radius 1 is 1.14 bits per heavy atom. The molecule has 0 aliphatic carbocycles. The SMILES string of the molecule is Cc1nccn1Cc1ccc(NC(=O)c2cc(-c3ccc(Br)cc3)n[nH]2)cc1. The van der Waals surface area contributed by atoms with E-state index in [1.807, 2.05) is 61.7 Å². The van der Waals surface area contributed by atoms with Crippen LogP contribution in [0.25, 0.3) is 11.3 Å². The fourth-order valence-electron chi connectivity index (χ4n) is 2.87. The summed E-state index contributed by atoms with van der Waals surface area (Å²) in [7, 11) is 0. The minimum absolute atomic E-state index is 0.228. The van der Waals surface area contributed by atoms with E-state index in [9.17, 15) is 4.79 Å². The number of aromatic nitrogens is 4. The zero-order valence-corrected chi connectivity index (χ0v) is 16.8. The first-order valence-corrected chi connectivity index (χ1v) is 9.57. The summed E-state index contributed by atoms with van der Waals surface area (Å²) >= 11 is 3.41. The van der Waals surface area contributed by atoms with Gasteiger partial charge in [-0.05, 0) is 42.8 Å². The predicted molar refractivity (Wildman–Crippen MR) is 112 cm³/mol. The molecular formula is C21H18BrN5O. The predicted octanol–water partition coefficient (Wildman–Crippen LogP) is 4.64. The number of halogens is 1. The molecule has 6 nitrogen and oxygen atoms in total. The van der Waals surface area contributed by atoms with Gasteiger partial charge in [-0.2, -0.15) is 5.10 Å². The molecule has 0 saturated carbocycles. The smallest absolute Gasteiger partial charge is 0.273 e. The maximum absolute atomic E-state index is 12.5. The summed E-state index contributed by atoms with van der Waals surface area (Å²) in [4.78, 5) is 16.7. The second kappa shape index (κ2) is 7.82. The summed E-state index contributed by atoms with van der Waals surface area (Å²) in [6.07, 6.45) is 3.74. The van der Waals surface area contributed by atoms with Gasteiger partial charge in [0.15, 0.2) is 0 Å². The van der Waals surface area contributed by atoms with E-state index in [0.717, 1.165) is 39.4 Å². The Kier molecular flexibility index (Phi) is 5.08. The highest BCUT2D eigenvalue weighted by atomic mass is 79.9. The van der Waals surface area contributed by atoms with Gasteiger partial charge in [-0.1, -0.05) is 40.2 Å². The lowest BCUT2D eigenvalue weighted by molar-refractivity contribution is 0.102. The van der Waals surface area contributed by atoms with Crippen LogP contribution in [-0.2, 0) is 6.54 Å². The molecule has 0 saturated heterocycles. The molecule has 2 aromatic heterocycles. The van der Waals surface area contributed by atoms with Crippen LogP contribution in [0.15, 0.2) is 71.5 Å². The molecule has 0 aliphatic rings. The monoisotopic (exact) mass is 435 g/mol. The molecule has 0 fully saturated rings. The number of hydrogen-bond acceptors (Lipinski definition) is 3. The summed E-state index contributed by atoms with van der Waals surface area (Å²) in [5.74, 6) is 0.743. The number of imidazole rings is 1. The normalized spacial score (nSPS) is 10.8. The van der Waals surface area contributed by atoms with Gasteiger partial charge in [-0.25, -0.2) is 4.98 Å². The molecule has 0 spiro atoms. The fraction of sp³-hybridized carbons (Fsp3) is 0.0952. The van der Waals surface area contributed by atoms with Crippen molar-refractivity contribution in [3.63, 3.8) is 0 Å². The van der Waals surface area contributed by atoms with Gasteiger partial charge in [0, 0.05) is 34.7 Å². The molecule has 7 heteroatoms. The topological polar surface area (TPSA) is 75.6 Å². The van der Waals surface area contributed by atoms with E-state index in [1.54, 1.807) is 12.3 Å². The Morgan fingerprint density at radius 2 is 1.89 bits per heavy atom. The van der Waals surface area contributed by atoms with Crippen molar-refractivity contribution in [2.24, 2.45) is 0 Å². The highest BCUT2D eigenvalue weighted by Crippen LogP contribution is 2.21. The molecule has 0 unspecified atom stereocenters. The molecule has 0 atom stereocenters. The van der Waals surface area contributed by atoms with Gasteiger partial charge in [0.25, 0.3) is 5.91 Å². The van der Waals surface area contributed by atoms with Crippen molar-refractivity contribution in [1.29, 1.82) is 0 Å². The van der Waals surface area contributed by atoms with Crippen LogP contribution in [0.2, 0.25) is 0 Å². The minimum atomic E-state index is -0.228. The van der Waals surface area contributed by atoms with Crippen LogP contribution in [0.4, 0.5) is 5.69 Å². The van der Waals surface area contributed by atoms with Crippen LogP contribution < -0.4 is 5.32 Å². The number of benzene rings is 2. The number of aryl methyl sites for hydroxylation is 1. The zero-order chi connectivity index (χ0) is 19.5. The lowest BCUT2D eigenvalue weighted by atomic mass is 10.1. The van der Waals surface area contributed by atoms with Crippen LogP contribution in [0.1, 0.15) is 21.9 Å². The van der Waals surface area contributed by atoms with Crippen molar-refractivity contribution in [3.8, 4) is 11.3 Å². The summed E-state index contributed by atoms with van der Waals surface area (Å²) in [5, 5.41) is 9.93. The lowest BCUT2D eigenvalue weighted by Gasteiger charge is -2.07. The van der Waals surface area contributed by atoms with Crippen LogP contribution in [0.5, 0.6) is 0 Å². The lowest BCUT2D eigenvalue weighted by Crippen LogP contribution is -2.12. The largest absolute Gasteiger partial charge is 0.331 e. The van der Waals surface area contributed by atoms with Crippen LogP contribution in [0.3, 0.4) is 0 Å². The number of rotatable bonds is 5. The maximum atomic E-state index is 12.5. The molecule has 2 aromatic carbocycles. The second-order valence-electron chi connectivity index (χ2n) is 6.43. The second-order valence-corrected chi connectivity index (χ2v) is 7.34. The highest BCUT2D eigenvalue weighted by molar-refractivity contribution is 9.10. The van der Waals surface area contributed by atoms with Crippen molar-refractivity contribution in [2.45, 2.75) is 13.5 Å². The molecule has 2 N–H and O–H groups in total. The van der Waals surface area contributed by atoms with Crippen molar-refractivity contribution >= 4 is 27.5 Å². The van der Waals surface area contributed by atoms with Gasteiger partial charge in [0.05, 0.1) is 5.69 Å². The number of nitrogens with zero attached hydrogens (tertiary/aromatic N) is 3. The molecule has 28 heavy (non-hydrogen) atoms. The molecule has 4 aromatic rings. The first-order valence-electron chi connectivity index (χ1n) is 8.78. The average molecular weight is 436 g/mol. The van der Waals surface area contributed by atoms with Crippen molar-refractivity contribution in [1.82, 2.24) is 19.7 Å². The van der Waals surface area contributed by atoms with E-state index in [4.69, 9.17) is 0 Å². The number of nitrogens with one attached hydrogen (secondary N) is 2. The molecule has 0 radical (unpaired) electrons. The summed E-state index contributed by atoms with van der Waals surface area (Å²) in [6.45, 7) is 2.72. The van der Waals surface area contributed by atoms with Crippen LogP contribution >= 0.6 is 15.9 Å². The number of carbonyl (C=O) groups is 1. The number of H-pyrrole nitrogens is 1. The van der Waals surface area contributed by atoms with Gasteiger partial charge in [-0.3, -0.25) is 9.89 Å². The van der Waals surface area contributed by atoms with Gasteiger partial charge in [-0.15, -0.1) is 0 Å². The van der Waals surface area contributed by atoms with Gasteiger partial charge in [0.2, 0.25) is 0 Å². The number of hydrogen-bond donors (Lipinski definition) is 2. The third kappa shape index (κ3) is 4.04. The standard InChI is InChI=1S/C21H18BrN5O/c1-14-23-10-11-27(14)13-15-2-8-18(9-3-15)24-21(28)20-12-19(25-26-20)16-4-6-17(22)7-5-16/h2-12H,13H2,1H3,(H,24,28)(H,25,26). The molecular weight excluding hydrogens is 418 g/mol. The van der Waals surface area contributed by atoms with E-state index >= 15 is 0 Å². The summed E-state index contributed by atoms with van der Waals surface area (Å²) in [5.41, 5.74) is 3.95. The minimum Gasteiger partial charge on any atom is -0.331 e. The van der Waals surface area contributed by atoms with Crippen LogP contribution in [0, 0.1) is 6.92 Å². The zero-order valence-electron chi connectivity index (χ0n) is 15.2. The quantitative estimate of drug-likeness (QED) is 0.479. The Bertz CT molecular complexity index is 1100. The van der Waals surface area contributed by atoms with Crippen molar-refractivity contribution < 1.29 is 4.79 Å². The number of carbonyl (C=O) groups excluding carboxylic acids is 1. The summed E-state index contributed by atoms with van der Waals surface area (Å²) in [6, 6.07) is 17.3. The van der Waals surface area contributed by atoms with Crippen molar-refractivity contribution in [3.05, 3.63) is 88.5 Å². The first-order chi connectivity index (χ1) is 13.6. The maximum Gasteiger partial charge on any atom is 0.273 e. The summed E-state index contributed by atoms with van der Waals surface area (Å²) < 4.78 is 3.07. The third-order valence-electron chi connectivity index (χ3n) is 4.45. The Hall–Kier alpha value is -3.19. The van der Waals surface area contributed by atoms with E-state index in [-0.39, 0.29) is 5.91 Å². The van der Waals surface area contributed by atoms with Crippen LogP contribution in [-0.4, -0.2) is 25.7 Å². The van der Waals surface area contributed by atoms with E-state index < -0.39 is 0 Å². The highest BCUT2D eigenvalue weighted by Gasteiger charge is 2.11. The number of aromatic amines is 1. The van der Waals surface area contributed by atoms with Gasteiger partial charge >= 0.3 is 0 Å². The van der Waals surface area contributed by atoms with E-state index in [2.05, 4.69) is 41.0 Å².